The van der Waals surface area contributed by atoms with Crippen molar-refractivity contribution in [3.8, 4) is 0 Å². The van der Waals surface area contributed by atoms with Crippen molar-refractivity contribution in [3.05, 3.63) is 6.42 Å². The van der Waals surface area contributed by atoms with Gasteiger partial charge >= 0.3 is 0 Å². The third-order valence-electron chi connectivity index (χ3n) is 5.52. The van der Waals surface area contributed by atoms with E-state index in [1.165, 1.54) is 141 Å². The van der Waals surface area contributed by atoms with Crippen LogP contribution in [0.2, 0.25) is 0 Å². The van der Waals surface area contributed by atoms with Crippen LogP contribution >= 0.6 is 0 Å². The van der Waals surface area contributed by atoms with Crippen molar-refractivity contribution in [1.82, 2.24) is 0 Å². The van der Waals surface area contributed by atoms with Gasteiger partial charge in [-0.05, 0) is 6.42 Å². The van der Waals surface area contributed by atoms with Gasteiger partial charge in [-0.25, -0.2) is 0 Å². The quantitative estimate of drug-likeness (QED) is 0.170. The summed E-state index contributed by atoms with van der Waals surface area (Å²) in [5.41, 5.74) is 0. The minimum Gasteiger partial charge on any atom is -0.0654 e. The molecule has 0 aromatic rings. The van der Waals surface area contributed by atoms with Crippen LogP contribution in [-0.2, 0) is 0 Å². The van der Waals surface area contributed by atoms with E-state index in [2.05, 4.69) is 20.3 Å². The molecule has 0 heterocycles. The Kier molecular flexibility index (Phi) is 24.0. The number of hydrogen-bond acceptors (Lipinski definition) is 0. The molecule has 0 saturated carbocycles. The van der Waals surface area contributed by atoms with E-state index in [1.807, 2.05) is 0 Å². The molecule has 25 heavy (non-hydrogen) atoms. The second kappa shape index (κ2) is 24.0. The van der Waals surface area contributed by atoms with Crippen LogP contribution in [0.1, 0.15) is 155 Å². The molecule has 151 valence electrons. The number of rotatable bonds is 22. The van der Waals surface area contributed by atoms with Gasteiger partial charge in [0.15, 0.2) is 0 Å². The van der Waals surface area contributed by atoms with E-state index in [0.717, 1.165) is 0 Å². The summed E-state index contributed by atoms with van der Waals surface area (Å²) in [5.74, 6) is 0. The molecule has 0 aliphatic heterocycles. The summed E-state index contributed by atoms with van der Waals surface area (Å²) >= 11 is 0. The van der Waals surface area contributed by atoms with Gasteiger partial charge in [0, 0.05) is 0 Å². The van der Waals surface area contributed by atoms with Crippen molar-refractivity contribution in [2.75, 3.05) is 0 Å². The molecule has 0 N–H and O–H groups in total. The smallest absolute Gasteiger partial charge is 0.0386 e. The van der Waals surface area contributed by atoms with Gasteiger partial charge in [0.1, 0.15) is 0 Å². The SMILES string of the molecule is CCCCCCC[CH]CCCCCCCCCCCCCCCCC. The van der Waals surface area contributed by atoms with Crippen LogP contribution in [0.15, 0.2) is 0 Å². The lowest BCUT2D eigenvalue weighted by Crippen LogP contribution is -1.84. The maximum Gasteiger partial charge on any atom is -0.0386 e. The molecule has 0 unspecified atom stereocenters. The van der Waals surface area contributed by atoms with Crippen molar-refractivity contribution in [1.29, 1.82) is 0 Å². The molecule has 0 amide bonds. The summed E-state index contributed by atoms with van der Waals surface area (Å²) in [6.45, 7) is 4.59. The van der Waals surface area contributed by atoms with E-state index >= 15 is 0 Å². The molecule has 0 saturated heterocycles. The molecule has 0 heteroatoms. The average molecular weight is 352 g/mol. The van der Waals surface area contributed by atoms with Gasteiger partial charge < -0.3 is 0 Å². The second-order valence-corrected chi connectivity index (χ2v) is 8.23. The van der Waals surface area contributed by atoms with Crippen LogP contribution in [0.3, 0.4) is 0 Å². The van der Waals surface area contributed by atoms with Crippen molar-refractivity contribution in [2.45, 2.75) is 155 Å². The first-order valence-corrected chi connectivity index (χ1v) is 12.2. The van der Waals surface area contributed by atoms with Gasteiger partial charge in [0.2, 0.25) is 0 Å². The summed E-state index contributed by atoms with van der Waals surface area (Å²) in [6.07, 6.45) is 34.4. The number of hydrogen-bond donors (Lipinski definition) is 0. The van der Waals surface area contributed by atoms with Gasteiger partial charge in [-0.1, -0.05) is 155 Å². The molecule has 0 fully saturated rings. The Balaban J connectivity index is 2.94. The van der Waals surface area contributed by atoms with E-state index in [0.29, 0.717) is 0 Å². The first-order chi connectivity index (χ1) is 12.4. The monoisotopic (exact) mass is 351 g/mol. The predicted molar refractivity (Wildman–Crippen MR) is 117 cm³/mol. The molecular formula is C25H51. The van der Waals surface area contributed by atoms with Gasteiger partial charge in [0.05, 0.1) is 0 Å². The molecule has 1 radical (unpaired) electrons. The maximum absolute atomic E-state index is 2.55. The zero-order valence-electron chi connectivity index (χ0n) is 18.1. The first kappa shape index (κ1) is 25.0. The van der Waals surface area contributed by atoms with Crippen molar-refractivity contribution < 1.29 is 0 Å². The number of unbranched alkanes of at least 4 members (excludes halogenated alkanes) is 22. The highest BCUT2D eigenvalue weighted by Gasteiger charge is 1.95. The van der Waals surface area contributed by atoms with Gasteiger partial charge in [-0.3, -0.25) is 0 Å². The van der Waals surface area contributed by atoms with Gasteiger partial charge in [-0.2, -0.15) is 0 Å². The maximum atomic E-state index is 2.55. The van der Waals surface area contributed by atoms with Crippen LogP contribution in [-0.4, -0.2) is 0 Å². The van der Waals surface area contributed by atoms with E-state index in [1.54, 1.807) is 0 Å². The van der Waals surface area contributed by atoms with E-state index in [-0.39, 0.29) is 0 Å². The lowest BCUT2D eigenvalue weighted by molar-refractivity contribution is 0.531. The molecule has 0 bridgehead atoms. The largest absolute Gasteiger partial charge is 0.0654 e. The third-order valence-corrected chi connectivity index (χ3v) is 5.52. The highest BCUT2D eigenvalue weighted by Crippen LogP contribution is 2.15. The molecular weight excluding hydrogens is 300 g/mol. The Morgan fingerprint density at radius 1 is 0.320 bits per heavy atom. The Labute approximate surface area is 161 Å². The minimum atomic E-state index is 1.36. The highest BCUT2D eigenvalue weighted by atomic mass is 14.0. The van der Waals surface area contributed by atoms with Gasteiger partial charge in [0.25, 0.3) is 0 Å². The zero-order chi connectivity index (χ0) is 18.3. The predicted octanol–water partition coefficient (Wildman–Crippen LogP) is 9.81. The Morgan fingerprint density at radius 2 is 0.560 bits per heavy atom. The van der Waals surface area contributed by atoms with Crippen molar-refractivity contribution in [3.63, 3.8) is 0 Å². The summed E-state index contributed by atoms with van der Waals surface area (Å²) < 4.78 is 0. The molecule has 0 aliphatic rings. The fourth-order valence-corrected chi connectivity index (χ4v) is 3.70. The third kappa shape index (κ3) is 24.0. The fourth-order valence-electron chi connectivity index (χ4n) is 3.70. The topological polar surface area (TPSA) is 0 Å². The van der Waals surface area contributed by atoms with E-state index in [4.69, 9.17) is 0 Å². The van der Waals surface area contributed by atoms with Gasteiger partial charge in [-0.15, -0.1) is 0 Å². The minimum absolute atomic E-state index is 1.36. The summed E-state index contributed by atoms with van der Waals surface area (Å²) in [6, 6.07) is 0. The molecule has 0 atom stereocenters. The molecule has 0 aromatic heterocycles. The van der Waals surface area contributed by atoms with Crippen molar-refractivity contribution in [2.24, 2.45) is 0 Å². The van der Waals surface area contributed by atoms with Crippen LogP contribution in [0, 0.1) is 6.42 Å². The van der Waals surface area contributed by atoms with E-state index < -0.39 is 0 Å². The molecule has 0 rings (SSSR count). The normalized spacial score (nSPS) is 11.3. The van der Waals surface area contributed by atoms with Crippen LogP contribution in [0.5, 0.6) is 0 Å². The summed E-state index contributed by atoms with van der Waals surface area (Å²) in [7, 11) is 0. The van der Waals surface area contributed by atoms with Crippen LogP contribution in [0.25, 0.3) is 0 Å². The first-order valence-electron chi connectivity index (χ1n) is 12.2. The fraction of sp³-hybridized carbons (Fsp3) is 0.960. The summed E-state index contributed by atoms with van der Waals surface area (Å²) in [5, 5.41) is 0. The molecule has 0 aromatic carbocycles. The summed E-state index contributed by atoms with van der Waals surface area (Å²) in [4.78, 5) is 0. The average Bonchev–Trinajstić information content (AvgIpc) is 2.63. The zero-order valence-corrected chi connectivity index (χ0v) is 18.1. The highest BCUT2D eigenvalue weighted by molar-refractivity contribution is 4.64. The van der Waals surface area contributed by atoms with E-state index in [9.17, 15) is 0 Å². The molecule has 0 spiro atoms. The molecule has 0 aliphatic carbocycles. The van der Waals surface area contributed by atoms with Crippen LogP contribution < -0.4 is 0 Å². The standard InChI is InChI=1S/C25H51/c1-3-5-7-9-11-13-15-17-19-21-23-25-24-22-20-18-16-14-12-10-8-6-4-2/h15H,3-14,16-25H2,1-2H3. The van der Waals surface area contributed by atoms with Crippen molar-refractivity contribution >= 4 is 0 Å². The lowest BCUT2D eigenvalue weighted by atomic mass is 10.0. The lowest BCUT2D eigenvalue weighted by Gasteiger charge is -2.04. The Bertz CT molecular complexity index is 186. The van der Waals surface area contributed by atoms with Crippen LogP contribution in [0.4, 0.5) is 0 Å². The Morgan fingerprint density at radius 3 is 0.840 bits per heavy atom. The Hall–Kier alpha value is 0. The molecule has 0 nitrogen and oxygen atoms in total. The second-order valence-electron chi connectivity index (χ2n) is 8.23.